The molecule has 3 aromatic heterocycles. The predicted octanol–water partition coefficient (Wildman–Crippen LogP) is 3.94. The Morgan fingerprint density at radius 2 is 2.06 bits per heavy atom. The van der Waals surface area contributed by atoms with E-state index < -0.39 is 0 Å². The maximum Gasteiger partial charge on any atom is 0.255 e. The molecule has 1 atom stereocenters. The summed E-state index contributed by atoms with van der Waals surface area (Å²) in [6.07, 6.45) is 6.71. The number of nitrogens with zero attached hydrogens (tertiary/aromatic N) is 5. The lowest BCUT2D eigenvalue weighted by molar-refractivity contribution is 0.0941. The fourth-order valence-corrected chi connectivity index (χ4v) is 4.00. The van der Waals surface area contributed by atoms with Gasteiger partial charge in [-0.1, -0.05) is 17.7 Å². The molecule has 0 spiro atoms. The minimum absolute atomic E-state index is 0.218. The molecular weight excluding hydrogens is 476 g/mol. The highest BCUT2D eigenvalue weighted by Gasteiger charge is 2.20. The molecule has 0 bridgehead atoms. The van der Waals surface area contributed by atoms with Crippen LogP contribution in [0.2, 0.25) is 5.02 Å². The van der Waals surface area contributed by atoms with E-state index in [0.29, 0.717) is 33.2 Å². The van der Waals surface area contributed by atoms with Gasteiger partial charge >= 0.3 is 0 Å². The molecule has 3 heterocycles. The lowest BCUT2D eigenvalue weighted by Gasteiger charge is -2.16. The van der Waals surface area contributed by atoms with Crippen LogP contribution in [0.1, 0.15) is 40.1 Å². The first-order valence-electron chi connectivity index (χ1n) is 11.6. The molecule has 0 aliphatic heterocycles. The van der Waals surface area contributed by atoms with E-state index in [1.54, 1.807) is 31.8 Å². The van der Waals surface area contributed by atoms with E-state index >= 15 is 0 Å². The number of hydrogen-bond acceptors (Lipinski definition) is 7. The van der Waals surface area contributed by atoms with Crippen LogP contribution < -0.4 is 10.6 Å². The summed E-state index contributed by atoms with van der Waals surface area (Å²) in [6, 6.07) is 9.15. The van der Waals surface area contributed by atoms with Gasteiger partial charge in [-0.3, -0.25) is 14.8 Å². The average Bonchev–Trinajstić information content (AvgIpc) is 3.29. The van der Waals surface area contributed by atoms with E-state index in [1.807, 2.05) is 51.4 Å². The Morgan fingerprint density at radius 3 is 2.78 bits per heavy atom. The Morgan fingerprint density at radius 1 is 1.22 bits per heavy atom. The van der Waals surface area contributed by atoms with E-state index in [0.717, 1.165) is 29.9 Å². The van der Waals surface area contributed by atoms with Crippen molar-refractivity contribution in [1.29, 1.82) is 0 Å². The van der Waals surface area contributed by atoms with Crippen LogP contribution in [-0.2, 0) is 0 Å². The molecule has 4 aromatic rings. The number of halogens is 1. The van der Waals surface area contributed by atoms with Crippen LogP contribution in [0.4, 0.5) is 5.69 Å². The highest BCUT2D eigenvalue weighted by molar-refractivity contribution is 6.31. The Kier molecular flexibility index (Phi) is 7.92. The number of benzene rings is 1. The topological polar surface area (TPSA) is 111 Å². The van der Waals surface area contributed by atoms with Gasteiger partial charge in [-0.05, 0) is 50.8 Å². The number of carbonyl (C=O) groups excluding carboxylic acids is 1. The van der Waals surface area contributed by atoms with E-state index in [1.165, 1.54) is 0 Å². The zero-order valence-electron chi connectivity index (χ0n) is 20.7. The van der Waals surface area contributed by atoms with Gasteiger partial charge in [-0.15, -0.1) is 0 Å². The smallest absolute Gasteiger partial charge is 0.255 e. The van der Waals surface area contributed by atoms with Gasteiger partial charge in [0.1, 0.15) is 11.2 Å². The molecule has 0 aliphatic rings. The third-order valence-electron chi connectivity index (χ3n) is 5.73. The lowest BCUT2D eigenvalue weighted by atomic mass is 10.0. The molecule has 186 valence electrons. The number of likely N-dealkylation sites (N-methyl/N-ethyl adjacent to an activating group) is 1. The maximum absolute atomic E-state index is 13.1. The number of H-pyrrole nitrogens is 1. The van der Waals surface area contributed by atoms with Crippen LogP contribution in [0.25, 0.3) is 11.2 Å². The zero-order chi connectivity index (χ0) is 25.7. The van der Waals surface area contributed by atoms with Crippen LogP contribution in [-0.4, -0.2) is 70.7 Å². The van der Waals surface area contributed by atoms with Crippen molar-refractivity contribution in [2.24, 2.45) is 4.99 Å². The number of amides is 1. The van der Waals surface area contributed by atoms with Gasteiger partial charge in [0, 0.05) is 55.0 Å². The van der Waals surface area contributed by atoms with Crippen molar-refractivity contribution in [3.63, 3.8) is 0 Å². The monoisotopic (exact) mass is 504 g/mol. The highest BCUT2D eigenvalue weighted by Crippen LogP contribution is 2.25. The summed E-state index contributed by atoms with van der Waals surface area (Å²) >= 11 is 6.29. The van der Waals surface area contributed by atoms with Crippen LogP contribution in [0, 0.1) is 0 Å². The molecule has 1 unspecified atom stereocenters. The number of aromatic amines is 1. The molecule has 9 nitrogen and oxygen atoms in total. The summed E-state index contributed by atoms with van der Waals surface area (Å²) in [5.41, 5.74) is 5.21. The molecule has 10 heteroatoms. The molecule has 3 N–H and O–H groups in total. The number of rotatable bonds is 9. The van der Waals surface area contributed by atoms with E-state index in [2.05, 4.69) is 35.5 Å². The second kappa shape index (κ2) is 11.3. The molecule has 1 aromatic carbocycles. The third-order valence-corrected chi connectivity index (χ3v) is 5.97. The number of aliphatic imine (C=N–C) groups is 1. The van der Waals surface area contributed by atoms with Crippen molar-refractivity contribution in [2.45, 2.75) is 13.0 Å². The number of carbonyl (C=O) groups is 1. The number of hydrogen-bond donors (Lipinski definition) is 3. The summed E-state index contributed by atoms with van der Waals surface area (Å²) in [7, 11) is 5.75. The lowest BCUT2D eigenvalue weighted by Crippen LogP contribution is -2.26. The molecule has 0 fully saturated rings. The number of fused-ring (bicyclic) bond motifs is 1. The summed E-state index contributed by atoms with van der Waals surface area (Å²) in [5, 5.41) is 7.07. The first-order valence-corrected chi connectivity index (χ1v) is 12.0. The SMILES string of the molecule is C/N=C(/c1cnc2[nH]cc(C(=O)NC(C)c3cccnc3)c2n1)c1ccc(Cl)cc1NCCN(C)C. The van der Waals surface area contributed by atoms with E-state index in [4.69, 9.17) is 16.6 Å². The van der Waals surface area contributed by atoms with Gasteiger partial charge in [0.15, 0.2) is 5.65 Å². The molecule has 1 amide bonds. The van der Waals surface area contributed by atoms with Gasteiger partial charge in [0.05, 0.1) is 23.5 Å². The molecule has 0 saturated heterocycles. The second-order valence-corrected chi connectivity index (χ2v) is 9.06. The largest absolute Gasteiger partial charge is 0.383 e. The average molecular weight is 505 g/mol. The third kappa shape index (κ3) is 5.69. The standard InChI is InChI=1S/C26H29ClN8O/c1-16(17-6-5-9-29-13-17)33-26(36)20-14-31-25-24(20)34-22(15-32-25)23(28-2)19-8-7-18(27)12-21(19)30-10-11-35(3)4/h5-9,12-16,30H,10-11H2,1-4H3,(H,31,32)(H,33,36)/b28-23+. The normalized spacial score (nSPS) is 12.7. The quantitative estimate of drug-likeness (QED) is 0.298. The molecule has 4 rings (SSSR count). The first kappa shape index (κ1) is 25.3. The van der Waals surface area contributed by atoms with Crippen molar-refractivity contribution in [3.8, 4) is 0 Å². The minimum Gasteiger partial charge on any atom is -0.383 e. The Balaban J connectivity index is 1.64. The Labute approximate surface area is 215 Å². The van der Waals surface area contributed by atoms with Crippen molar-refractivity contribution in [1.82, 2.24) is 30.2 Å². The van der Waals surface area contributed by atoms with Crippen LogP contribution >= 0.6 is 11.6 Å². The maximum atomic E-state index is 13.1. The van der Waals surface area contributed by atoms with Crippen molar-refractivity contribution >= 4 is 40.1 Å². The molecule has 36 heavy (non-hydrogen) atoms. The van der Waals surface area contributed by atoms with E-state index in [-0.39, 0.29) is 11.9 Å². The summed E-state index contributed by atoms with van der Waals surface area (Å²) in [4.78, 5) is 36.2. The molecular formula is C26H29ClN8O. The second-order valence-electron chi connectivity index (χ2n) is 8.63. The summed E-state index contributed by atoms with van der Waals surface area (Å²) in [6.45, 7) is 3.50. The number of anilines is 1. The van der Waals surface area contributed by atoms with Crippen LogP contribution in [0.15, 0.2) is 60.1 Å². The van der Waals surface area contributed by atoms with Gasteiger partial charge in [0.25, 0.3) is 5.91 Å². The van der Waals surface area contributed by atoms with Gasteiger partial charge in [-0.25, -0.2) is 9.97 Å². The zero-order valence-corrected chi connectivity index (χ0v) is 21.5. The predicted molar refractivity (Wildman–Crippen MR) is 144 cm³/mol. The number of aromatic nitrogens is 4. The minimum atomic E-state index is -0.253. The van der Waals surface area contributed by atoms with Crippen LogP contribution in [0.5, 0.6) is 0 Å². The fourth-order valence-electron chi connectivity index (χ4n) is 3.82. The van der Waals surface area contributed by atoms with Crippen molar-refractivity contribution in [3.05, 3.63) is 82.5 Å². The highest BCUT2D eigenvalue weighted by atomic mass is 35.5. The van der Waals surface area contributed by atoms with Crippen molar-refractivity contribution in [2.75, 3.05) is 39.5 Å². The van der Waals surface area contributed by atoms with Gasteiger partial charge < -0.3 is 20.5 Å². The number of nitrogens with one attached hydrogen (secondary N) is 3. The summed E-state index contributed by atoms with van der Waals surface area (Å²) < 4.78 is 0. The number of pyridine rings is 1. The Bertz CT molecular complexity index is 1380. The van der Waals surface area contributed by atoms with E-state index in [9.17, 15) is 4.79 Å². The molecule has 0 saturated carbocycles. The van der Waals surface area contributed by atoms with Crippen molar-refractivity contribution < 1.29 is 4.79 Å². The molecule has 0 radical (unpaired) electrons. The van der Waals surface area contributed by atoms with Gasteiger partial charge in [0.2, 0.25) is 0 Å². The summed E-state index contributed by atoms with van der Waals surface area (Å²) in [5.74, 6) is -0.253. The van der Waals surface area contributed by atoms with Gasteiger partial charge in [-0.2, -0.15) is 0 Å². The fraction of sp³-hybridized carbons (Fsp3) is 0.269. The Hall–Kier alpha value is -3.82. The molecule has 0 aliphatic carbocycles. The van der Waals surface area contributed by atoms with Crippen LogP contribution in [0.3, 0.4) is 0 Å². The first-order chi connectivity index (χ1) is 17.4.